The van der Waals surface area contributed by atoms with Crippen LogP contribution in [0.15, 0.2) is 54.6 Å². The predicted octanol–water partition coefficient (Wildman–Crippen LogP) is 5.22. The van der Waals surface area contributed by atoms with Crippen LogP contribution in [0.4, 0.5) is 10.5 Å². The third kappa shape index (κ3) is 4.54. The van der Waals surface area contributed by atoms with Crippen molar-refractivity contribution in [1.82, 2.24) is 0 Å². The molecule has 0 radical (unpaired) electrons. The third-order valence-corrected chi connectivity index (χ3v) is 5.44. The molecule has 1 aliphatic carbocycles. The summed E-state index contributed by atoms with van der Waals surface area (Å²) in [6.45, 7) is 4.23. The van der Waals surface area contributed by atoms with Gasteiger partial charge in [-0.25, -0.2) is 4.79 Å². The zero-order valence-electron chi connectivity index (χ0n) is 16.4. The van der Waals surface area contributed by atoms with E-state index in [0.717, 1.165) is 30.5 Å². The van der Waals surface area contributed by atoms with Gasteiger partial charge in [-0.05, 0) is 62.3 Å². The maximum Gasteiger partial charge on any atom is 0.411 e. The monoisotopic (exact) mass is 381 g/mol. The van der Waals surface area contributed by atoms with E-state index in [1.54, 1.807) is 0 Å². The van der Waals surface area contributed by atoms with Gasteiger partial charge in [0.2, 0.25) is 0 Å². The maximum atomic E-state index is 12.0. The fourth-order valence-corrected chi connectivity index (χ4v) is 4.14. The van der Waals surface area contributed by atoms with Gasteiger partial charge in [0.25, 0.3) is 0 Å². The van der Waals surface area contributed by atoms with Crippen LogP contribution in [0, 0.1) is 0 Å². The number of rotatable bonds is 4. The molecule has 2 aromatic rings. The van der Waals surface area contributed by atoms with Gasteiger partial charge < -0.3 is 14.2 Å². The fourth-order valence-electron chi connectivity index (χ4n) is 4.14. The SMILES string of the molecule is CC1(C)OC2CCC(c3ccc(NC(=O)OCc4ccccc4)cc3)CC2O1. The lowest BCUT2D eigenvalue weighted by molar-refractivity contribution is -0.145. The average Bonchev–Trinajstić information content (AvgIpc) is 3.00. The van der Waals surface area contributed by atoms with Gasteiger partial charge in [-0.2, -0.15) is 0 Å². The predicted molar refractivity (Wildman–Crippen MR) is 107 cm³/mol. The molecule has 5 nitrogen and oxygen atoms in total. The lowest BCUT2D eigenvalue weighted by Crippen LogP contribution is -2.30. The minimum atomic E-state index is -0.474. The zero-order chi connectivity index (χ0) is 19.6. The molecule has 1 saturated heterocycles. The highest BCUT2D eigenvalue weighted by Gasteiger charge is 2.44. The Balaban J connectivity index is 1.30. The number of fused-ring (bicyclic) bond motifs is 1. The quantitative estimate of drug-likeness (QED) is 0.788. The summed E-state index contributed by atoms with van der Waals surface area (Å²) in [7, 11) is 0. The summed E-state index contributed by atoms with van der Waals surface area (Å²) >= 11 is 0. The second-order valence-electron chi connectivity index (χ2n) is 8.03. The van der Waals surface area contributed by atoms with Crippen LogP contribution >= 0.6 is 0 Å². The van der Waals surface area contributed by atoms with Crippen molar-refractivity contribution in [3.05, 3.63) is 65.7 Å². The summed E-state index contributed by atoms with van der Waals surface area (Å²) in [6.07, 6.45) is 3.01. The molecule has 4 rings (SSSR count). The molecule has 1 saturated carbocycles. The van der Waals surface area contributed by atoms with Crippen molar-refractivity contribution in [1.29, 1.82) is 0 Å². The first-order chi connectivity index (χ1) is 13.5. The van der Waals surface area contributed by atoms with Crippen LogP contribution in [0.25, 0.3) is 0 Å². The van der Waals surface area contributed by atoms with Crippen molar-refractivity contribution in [3.63, 3.8) is 0 Å². The molecule has 5 heteroatoms. The van der Waals surface area contributed by atoms with E-state index < -0.39 is 11.9 Å². The van der Waals surface area contributed by atoms with Gasteiger partial charge in [0, 0.05) is 5.69 Å². The van der Waals surface area contributed by atoms with E-state index in [4.69, 9.17) is 14.2 Å². The summed E-state index contributed by atoms with van der Waals surface area (Å²) in [5.41, 5.74) is 2.97. The first-order valence-electron chi connectivity index (χ1n) is 9.92. The van der Waals surface area contributed by atoms with Gasteiger partial charge >= 0.3 is 6.09 Å². The molecule has 1 N–H and O–H groups in total. The number of carbonyl (C=O) groups excluding carboxylic acids is 1. The maximum absolute atomic E-state index is 12.0. The summed E-state index contributed by atoms with van der Waals surface area (Å²) in [5, 5.41) is 2.78. The Bertz CT molecular complexity index is 803. The number of benzene rings is 2. The molecule has 1 heterocycles. The molecule has 2 fully saturated rings. The van der Waals surface area contributed by atoms with E-state index >= 15 is 0 Å². The number of hydrogen-bond donors (Lipinski definition) is 1. The Morgan fingerprint density at radius 2 is 1.75 bits per heavy atom. The van der Waals surface area contributed by atoms with E-state index in [-0.39, 0.29) is 18.8 Å². The number of carbonyl (C=O) groups is 1. The van der Waals surface area contributed by atoms with Gasteiger partial charge in [-0.3, -0.25) is 5.32 Å². The van der Waals surface area contributed by atoms with Crippen LogP contribution in [0.5, 0.6) is 0 Å². The molecule has 2 aromatic carbocycles. The summed E-state index contributed by atoms with van der Waals surface area (Å²) in [5.74, 6) is -0.0178. The lowest BCUT2D eigenvalue weighted by atomic mass is 9.81. The van der Waals surface area contributed by atoms with E-state index in [0.29, 0.717) is 5.92 Å². The number of anilines is 1. The number of nitrogens with one attached hydrogen (secondary N) is 1. The molecule has 0 spiro atoms. The highest BCUT2D eigenvalue weighted by molar-refractivity contribution is 5.84. The minimum Gasteiger partial charge on any atom is -0.444 e. The molecule has 0 aromatic heterocycles. The van der Waals surface area contributed by atoms with Crippen LogP contribution in [0.3, 0.4) is 0 Å². The number of hydrogen-bond acceptors (Lipinski definition) is 4. The molecule has 2 aliphatic rings. The van der Waals surface area contributed by atoms with E-state index in [2.05, 4.69) is 17.4 Å². The van der Waals surface area contributed by atoms with E-state index in [9.17, 15) is 4.79 Å². The second kappa shape index (κ2) is 7.94. The van der Waals surface area contributed by atoms with Crippen molar-refractivity contribution in [2.45, 2.75) is 63.6 Å². The van der Waals surface area contributed by atoms with Crippen LogP contribution in [-0.4, -0.2) is 24.1 Å². The summed E-state index contributed by atoms with van der Waals surface area (Å²) in [4.78, 5) is 12.0. The highest BCUT2D eigenvalue weighted by atomic mass is 16.7. The van der Waals surface area contributed by atoms with E-state index in [1.807, 2.05) is 56.3 Å². The Hall–Kier alpha value is -2.37. The Kier molecular flexibility index (Phi) is 5.38. The van der Waals surface area contributed by atoms with Gasteiger partial charge in [-0.1, -0.05) is 42.5 Å². The van der Waals surface area contributed by atoms with Crippen molar-refractivity contribution in [2.24, 2.45) is 0 Å². The van der Waals surface area contributed by atoms with Gasteiger partial charge in [-0.15, -0.1) is 0 Å². The first kappa shape index (κ1) is 19.0. The number of ether oxygens (including phenoxy) is 3. The molecular formula is C23H27NO4. The zero-order valence-corrected chi connectivity index (χ0v) is 16.4. The molecule has 3 atom stereocenters. The highest BCUT2D eigenvalue weighted by Crippen LogP contribution is 2.42. The molecule has 1 amide bonds. The fraction of sp³-hybridized carbons (Fsp3) is 0.435. The van der Waals surface area contributed by atoms with Gasteiger partial charge in [0.05, 0.1) is 12.2 Å². The topological polar surface area (TPSA) is 56.8 Å². The molecule has 1 aliphatic heterocycles. The van der Waals surface area contributed by atoms with Crippen molar-refractivity contribution in [3.8, 4) is 0 Å². The molecule has 28 heavy (non-hydrogen) atoms. The van der Waals surface area contributed by atoms with Crippen LogP contribution in [0.2, 0.25) is 0 Å². The Labute approximate surface area is 166 Å². The first-order valence-corrected chi connectivity index (χ1v) is 9.92. The molecule has 0 bridgehead atoms. The lowest BCUT2D eigenvalue weighted by Gasteiger charge is -2.29. The Morgan fingerprint density at radius 1 is 1.04 bits per heavy atom. The van der Waals surface area contributed by atoms with Crippen LogP contribution < -0.4 is 5.32 Å². The van der Waals surface area contributed by atoms with Crippen LogP contribution in [-0.2, 0) is 20.8 Å². The summed E-state index contributed by atoms with van der Waals surface area (Å²) in [6, 6.07) is 17.7. The molecular weight excluding hydrogens is 354 g/mol. The van der Waals surface area contributed by atoms with E-state index in [1.165, 1.54) is 5.56 Å². The normalized spacial score (nSPS) is 25.7. The van der Waals surface area contributed by atoms with Crippen molar-refractivity contribution in [2.75, 3.05) is 5.32 Å². The average molecular weight is 381 g/mol. The third-order valence-electron chi connectivity index (χ3n) is 5.44. The van der Waals surface area contributed by atoms with Gasteiger partial charge in [0.15, 0.2) is 5.79 Å². The number of amides is 1. The largest absolute Gasteiger partial charge is 0.444 e. The minimum absolute atomic E-state index is 0.166. The second-order valence-corrected chi connectivity index (χ2v) is 8.03. The van der Waals surface area contributed by atoms with Gasteiger partial charge in [0.1, 0.15) is 6.61 Å². The molecule has 3 unspecified atom stereocenters. The Morgan fingerprint density at radius 3 is 2.50 bits per heavy atom. The smallest absolute Gasteiger partial charge is 0.411 e. The van der Waals surface area contributed by atoms with Crippen LogP contribution in [0.1, 0.15) is 50.2 Å². The summed E-state index contributed by atoms with van der Waals surface area (Å²) < 4.78 is 17.3. The van der Waals surface area contributed by atoms with Crippen molar-refractivity contribution >= 4 is 11.8 Å². The van der Waals surface area contributed by atoms with Crippen molar-refractivity contribution < 1.29 is 19.0 Å². The molecule has 148 valence electrons. The standard InChI is InChI=1S/C23H27NO4/c1-23(2)27-20-13-10-18(14-21(20)28-23)17-8-11-19(12-9-17)24-22(25)26-15-16-6-4-3-5-7-16/h3-9,11-12,18,20-21H,10,13-15H2,1-2H3,(H,24,25).